The highest BCUT2D eigenvalue weighted by Crippen LogP contribution is 2.38. The van der Waals surface area contributed by atoms with E-state index in [1.807, 2.05) is 0 Å². The molecule has 0 aliphatic rings. The van der Waals surface area contributed by atoms with Gasteiger partial charge in [-0.25, -0.2) is 0 Å². The summed E-state index contributed by atoms with van der Waals surface area (Å²) in [6.07, 6.45) is 0. The quantitative estimate of drug-likeness (QED) is 0.222. The van der Waals surface area contributed by atoms with Crippen LogP contribution in [-0.2, 0) is 0 Å². The van der Waals surface area contributed by atoms with Crippen molar-refractivity contribution in [3.05, 3.63) is 84.4 Å². The van der Waals surface area contributed by atoms with Gasteiger partial charge in [0.05, 0.1) is 0 Å². The van der Waals surface area contributed by atoms with E-state index in [1.165, 1.54) is 48.7 Å². The van der Waals surface area contributed by atoms with Crippen molar-refractivity contribution in [2.45, 2.75) is 19.8 Å². The lowest BCUT2D eigenvalue weighted by molar-refractivity contribution is 0.869. The van der Waals surface area contributed by atoms with E-state index in [1.54, 1.807) is 0 Å². The van der Waals surface area contributed by atoms with Gasteiger partial charge in [0.15, 0.2) is 0 Å². The minimum Gasteiger partial charge on any atom is -0.0616 e. The van der Waals surface area contributed by atoms with Crippen molar-refractivity contribution in [2.24, 2.45) is 0 Å². The summed E-state index contributed by atoms with van der Waals surface area (Å²) in [6, 6.07) is 29.2. The summed E-state index contributed by atoms with van der Waals surface area (Å²) in [6.45, 7) is 4.52. The molecule has 0 saturated carbocycles. The highest BCUT2D eigenvalue weighted by Gasteiger charge is 2.11. The molecule has 0 N–H and O–H groups in total. The molecule has 0 aliphatic carbocycles. The zero-order chi connectivity index (χ0) is 17.0. The second-order valence-corrected chi connectivity index (χ2v) is 7.25. The average molecular weight is 320 g/mol. The van der Waals surface area contributed by atoms with E-state index < -0.39 is 0 Å². The summed E-state index contributed by atoms with van der Waals surface area (Å²) in [7, 11) is 0. The molecule has 0 bridgehead atoms. The minimum absolute atomic E-state index is 0.537. The van der Waals surface area contributed by atoms with Crippen molar-refractivity contribution in [1.29, 1.82) is 0 Å². The minimum atomic E-state index is 0.537. The lowest BCUT2D eigenvalue weighted by Gasteiger charge is -2.14. The lowest BCUT2D eigenvalue weighted by atomic mass is 9.90. The topological polar surface area (TPSA) is 0 Å². The molecule has 0 aliphatic heterocycles. The number of hydrogen-bond donors (Lipinski definition) is 0. The first kappa shape index (κ1) is 14.5. The van der Waals surface area contributed by atoms with Gasteiger partial charge in [-0.1, -0.05) is 80.6 Å². The second-order valence-electron chi connectivity index (χ2n) is 7.25. The predicted molar refractivity (Wildman–Crippen MR) is 111 cm³/mol. The summed E-state index contributed by atoms with van der Waals surface area (Å²) >= 11 is 0. The van der Waals surface area contributed by atoms with E-state index >= 15 is 0 Å². The Hall–Kier alpha value is -2.86. The number of rotatable bonds is 1. The summed E-state index contributed by atoms with van der Waals surface area (Å²) in [5, 5.41) is 10.7. The summed E-state index contributed by atoms with van der Waals surface area (Å²) in [4.78, 5) is 0. The van der Waals surface area contributed by atoms with Crippen LogP contribution in [0, 0.1) is 0 Å². The molecule has 0 heteroatoms. The van der Waals surface area contributed by atoms with Crippen molar-refractivity contribution in [1.82, 2.24) is 0 Å². The first-order valence-corrected chi connectivity index (χ1v) is 8.99. The van der Waals surface area contributed by atoms with Crippen molar-refractivity contribution in [3.8, 4) is 0 Å². The highest BCUT2D eigenvalue weighted by atomic mass is 14.1. The molecule has 0 unspecified atom stereocenters. The molecule has 25 heavy (non-hydrogen) atoms. The van der Waals surface area contributed by atoms with Crippen LogP contribution >= 0.6 is 0 Å². The van der Waals surface area contributed by atoms with Crippen LogP contribution in [0.2, 0.25) is 0 Å². The van der Waals surface area contributed by atoms with E-state index in [0.29, 0.717) is 5.92 Å². The fraction of sp³-hybridized carbons (Fsp3) is 0.120. The highest BCUT2D eigenvalue weighted by molar-refractivity contribution is 6.27. The molecule has 0 saturated heterocycles. The Balaban J connectivity index is 2.07. The Morgan fingerprint density at radius 2 is 0.960 bits per heavy atom. The van der Waals surface area contributed by atoms with Crippen LogP contribution in [0.15, 0.2) is 78.9 Å². The van der Waals surface area contributed by atoms with Gasteiger partial charge in [-0.2, -0.15) is 0 Å². The van der Waals surface area contributed by atoms with Crippen molar-refractivity contribution in [2.75, 3.05) is 0 Å². The standard InChI is InChI=1S/C25H20/c1-16(2)17-11-12-22-23(13-17)20-9-5-6-10-21(20)24-14-18-7-3-4-8-19(18)15-25(22)24/h3-16H,1-2H3. The van der Waals surface area contributed by atoms with Crippen LogP contribution in [0.25, 0.3) is 43.1 Å². The van der Waals surface area contributed by atoms with Gasteiger partial charge in [0.25, 0.3) is 0 Å². The molecule has 0 amide bonds. The average Bonchev–Trinajstić information content (AvgIpc) is 2.66. The molecule has 5 rings (SSSR count). The van der Waals surface area contributed by atoms with E-state index in [0.717, 1.165) is 0 Å². The molecule has 0 atom stereocenters. The van der Waals surface area contributed by atoms with Crippen molar-refractivity contribution in [3.63, 3.8) is 0 Å². The van der Waals surface area contributed by atoms with Gasteiger partial charge in [0, 0.05) is 0 Å². The van der Waals surface area contributed by atoms with Gasteiger partial charge in [-0.15, -0.1) is 0 Å². The molecular weight excluding hydrogens is 300 g/mol. The van der Waals surface area contributed by atoms with Gasteiger partial charge in [0.1, 0.15) is 0 Å². The van der Waals surface area contributed by atoms with E-state index in [4.69, 9.17) is 0 Å². The Bertz CT molecular complexity index is 1260. The van der Waals surface area contributed by atoms with Crippen molar-refractivity contribution < 1.29 is 0 Å². The zero-order valence-electron chi connectivity index (χ0n) is 14.6. The molecule has 0 radical (unpaired) electrons. The molecule has 0 aromatic heterocycles. The first-order chi connectivity index (χ1) is 12.2. The summed E-state index contributed by atoms with van der Waals surface area (Å²) < 4.78 is 0. The molecule has 5 aromatic carbocycles. The van der Waals surface area contributed by atoms with Crippen LogP contribution in [0.4, 0.5) is 0 Å². The van der Waals surface area contributed by atoms with Gasteiger partial charge < -0.3 is 0 Å². The molecule has 0 nitrogen and oxygen atoms in total. The maximum Gasteiger partial charge on any atom is -0.00926 e. The van der Waals surface area contributed by atoms with Crippen LogP contribution in [0.5, 0.6) is 0 Å². The number of benzene rings is 5. The molecular formula is C25H20. The Kier molecular flexibility index (Phi) is 3.08. The predicted octanol–water partition coefficient (Wildman–Crippen LogP) is 7.42. The van der Waals surface area contributed by atoms with Gasteiger partial charge in [-0.05, 0) is 66.7 Å². The largest absolute Gasteiger partial charge is 0.0616 e. The fourth-order valence-corrected chi connectivity index (χ4v) is 4.02. The molecule has 0 spiro atoms. The van der Waals surface area contributed by atoms with Crippen LogP contribution < -0.4 is 0 Å². The Morgan fingerprint density at radius 3 is 1.52 bits per heavy atom. The molecule has 0 fully saturated rings. The molecule has 0 heterocycles. The zero-order valence-corrected chi connectivity index (χ0v) is 14.6. The van der Waals surface area contributed by atoms with E-state index in [2.05, 4.69) is 92.7 Å². The Labute approximate surface area is 147 Å². The number of hydrogen-bond acceptors (Lipinski definition) is 0. The molecule has 5 aromatic rings. The normalized spacial score (nSPS) is 12.0. The fourth-order valence-electron chi connectivity index (χ4n) is 4.02. The lowest BCUT2D eigenvalue weighted by Crippen LogP contribution is -1.89. The van der Waals surface area contributed by atoms with Gasteiger partial charge in [0.2, 0.25) is 0 Å². The monoisotopic (exact) mass is 320 g/mol. The van der Waals surface area contributed by atoms with E-state index in [9.17, 15) is 0 Å². The maximum absolute atomic E-state index is 2.39. The third-order valence-electron chi connectivity index (χ3n) is 5.39. The van der Waals surface area contributed by atoms with Crippen molar-refractivity contribution >= 4 is 43.1 Å². The third kappa shape index (κ3) is 2.14. The van der Waals surface area contributed by atoms with E-state index in [-0.39, 0.29) is 0 Å². The van der Waals surface area contributed by atoms with Gasteiger partial charge >= 0.3 is 0 Å². The van der Waals surface area contributed by atoms with Crippen LogP contribution in [0.3, 0.4) is 0 Å². The number of fused-ring (bicyclic) bond motifs is 7. The SMILES string of the molecule is CC(C)c1ccc2c(c1)c1ccccc1c1cc3ccccc3cc21. The maximum atomic E-state index is 2.39. The second kappa shape index (κ2) is 5.32. The first-order valence-electron chi connectivity index (χ1n) is 8.99. The summed E-state index contributed by atoms with van der Waals surface area (Å²) in [5.74, 6) is 0.537. The van der Waals surface area contributed by atoms with Crippen LogP contribution in [0.1, 0.15) is 25.3 Å². The third-order valence-corrected chi connectivity index (χ3v) is 5.39. The Morgan fingerprint density at radius 1 is 0.480 bits per heavy atom. The smallest absolute Gasteiger partial charge is 0.00926 e. The molecule has 120 valence electrons. The van der Waals surface area contributed by atoms with Crippen LogP contribution in [-0.4, -0.2) is 0 Å². The van der Waals surface area contributed by atoms with Gasteiger partial charge in [-0.3, -0.25) is 0 Å². The summed E-state index contributed by atoms with van der Waals surface area (Å²) in [5.41, 5.74) is 1.40.